The van der Waals surface area contributed by atoms with Crippen molar-refractivity contribution in [1.29, 1.82) is 0 Å². The number of aliphatic hydroxyl groups is 1. The molecule has 0 unspecified atom stereocenters. The molecule has 5 nitrogen and oxygen atoms in total. The Labute approximate surface area is 120 Å². The molecule has 0 saturated heterocycles. The SMILES string of the molecule is CC(C)(O)C(C)(C)Nc1ccc([N+](=O)[O-])cc1I. The fourth-order valence-corrected chi connectivity index (χ4v) is 1.84. The van der Waals surface area contributed by atoms with Gasteiger partial charge in [-0.15, -0.1) is 0 Å². The first-order valence-electron chi connectivity index (χ1n) is 5.49. The first kappa shape index (κ1) is 15.2. The normalized spacial score (nSPS) is 12.3. The van der Waals surface area contributed by atoms with Gasteiger partial charge in [0.15, 0.2) is 0 Å². The molecule has 0 bridgehead atoms. The molecule has 2 N–H and O–H groups in total. The number of non-ortho nitro benzene ring substituents is 1. The van der Waals surface area contributed by atoms with Gasteiger partial charge in [0.05, 0.1) is 16.1 Å². The van der Waals surface area contributed by atoms with Crippen molar-refractivity contribution >= 4 is 34.0 Å². The van der Waals surface area contributed by atoms with Gasteiger partial charge in [0, 0.05) is 21.4 Å². The monoisotopic (exact) mass is 364 g/mol. The van der Waals surface area contributed by atoms with E-state index in [2.05, 4.69) is 5.32 Å². The van der Waals surface area contributed by atoms with Crippen molar-refractivity contribution < 1.29 is 10.0 Å². The van der Waals surface area contributed by atoms with Crippen molar-refractivity contribution in [2.24, 2.45) is 0 Å². The second kappa shape index (κ2) is 5.00. The van der Waals surface area contributed by atoms with E-state index in [1.165, 1.54) is 12.1 Å². The van der Waals surface area contributed by atoms with Gasteiger partial charge >= 0.3 is 0 Å². The lowest BCUT2D eigenvalue weighted by molar-refractivity contribution is -0.384. The number of anilines is 1. The minimum atomic E-state index is -0.919. The summed E-state index contributed by atoms with van der Waals surface area (Å²) < 4.78 is 0.749. The number of hydrogen-bond acceptors (Lipinski definition) is 4. The number of rotatable bonds is 4. The van der Waals surface area contributed by atoms with Gasteiger partial charge in [-0.2, -0.15) is 0 Å². The first-order chi connectivity index (χ1) is 8.04. The first-order valence-corrected chi connectivity index (χ1v) is 6.57. The van der Waals surface area contributed by atoms with E-state index < -0.39 is 16.1 Å². The quantitative estimate of drug-likeness (QED) is 0.489. The number of halogens is 1. The fraction of sp³-hybridized carbons (Fsp3) is 0.500. The van der Waals surface area contributed by atoms with Crippen molar-refractivity contribution in [2.45, 2.75) is 38.8 Å². The molecule has 100 valence electrons. The average Bonchev–Trinajstić information content (AvgIpc) is 2.18. The van der Waals surface area contributed by atoms with Crippen molar-refractivity contribution in [3.8, 4) is 0 Å². The minimum absolute atomic E-state index is 0.0611. The summed E-state index contributed by atoms with van der Waals surface area (Å²) in [4.78, 5) is 10.2. The molecule has 0 radical (unpaired) electrons. The van der Waals surface area contributed by atoms with Gasteiger partial charge in [-0.25, -0.2) is 0 Å². The minimum Gasteiger partial charge on any atom is -0.388 e. The molecule has 0 aliphatic heterocycles. The van der Waals surface area contributed by atoms with Crippen LogP contribution in [0.4, 0.5) is 11.4 Å². The summed E-state index contributed by atoms with van der Waals surface area (Å²) >= 11 is 2.04. The molecule has 0 saturated carbocycles. The van der Waals surface area contributed by atoms with Crippen LogP contribution in [-0.2, 0) is 0 Å². The van der Waals surface area contributed by atoms with Crippen LogP contribution in [0.2, 0.25) is 0 Å². The summed E-state index contributed by atoms with van der Waals surface area (Å²) in [5, 5.41) is 23.9. The van der Waals surface area contributed by atoms with E-state index in [0.29, 0.717) is 0 Å². The zero-order valence-electron chi connectivity index (χ0n) is 10.8. The smallest absolute Gasteiger partial charge is 0.270 e. The van der Waals surface area contributed by atoms with Gasteiger partial charge < -0.3 is 10.4 Å². The molecular weight excluding hydrogens is 347 g/mol. The molecule has 0 atom stereocenters. The maximum Gasteiger partial charge on any atom is 0.270 e. The van der Waals surface area contributed by atoms with Crippen LogP contribution in [0, 0.1) is 13.7 Å². The molecule has 0 heterocycles. The average molecular weight is 364 g/mol. The van der Waals surface area contributed by atoms with Gasteiger partial charge in [0.25, 0.3) is 5.69 Å². The molecule has 0 fully saturated rings. The Morgan fingerprint density at radius 1 is 1.33 bits per heavy atom. The van der Waals surface area contributed by atoms with Gasteiger partial charge in [-0.1, -0.05) is 0 Å². The number of nitrogens with zero attached hydrogens (tertiary/aromatic N) is 1. The third-order valence-corrected chi connectivity index (χ3v) is 4.03. The Hall–Kier alpha value is -0.890. The zero-order chi connectivity index (χ0) is 14.1. The largest absolute Gasteiger partial charge is 0.388 e. The van der Waals surface area contributed by atoms with Crippen LogP contribution < -0.4 is 5.32 Å². The van der Waals surface area contributed by atoms with E-state index in [1.807, 2.05) is 36.4 Å². The van der Waals surface area contributed by atoms with E-state index >= 15 is 0 Å². The number of hydrogen-bond donors (Lipinski definition) is 2. The van der Waals surface area contributed by atoms with Crippen molar-refractivity contribution in [2.75, 3.05) is 5.32 Å². The number of nitro groups is 1. The molecular formula is C12H17IN2O3. The molecule has 1 aromatic carbocycles. The zero-order valence-corrected chi connectivity index (χ0v) is 13.0. The highest BCUT2D eigenvalue weighted by molar-refractivity contribution is 14.1. The summed E-state index contributed by atoms with van der Waals surface area (Å²) in [6.45, 7) is 7.20. The van der Waals surface area contributed by atoms with Crippen LogP contribution in [0.15, 0.2) is 18.2 Å². The molecule has 1 rings (SSSR count). The summed E-state index contributed by atoms with van der Waals surface area (Å²) in [5.41, 5.74) is -0.639. The van der Waals surface area contributed by atoms with Crippen molar-refractivity contribution in [1.82, 2.24) is 0 Å². The second-order valence-corrected chi connectivity index (χ2v) is 6.39. The highest BCUT2D eigenvalue weighted by Gasteiger charge is 2.35. The van der Waals surface area contributed by atoms with Gasteiger partial charge in [0.2, 0.25) is 0 Å². The van der Waals surface area contributed by atoms with Crippen LogP contribution in [0.3, 0.4) is 0 Å². The highest BCUT2D eigenvalue weighted by Crippen LogP contribution is 2.30. The van der Waals surface area contributed by atoms with E-state index in [1.54, 1.807) is 19.9 Å². The second-order valence-electron chi connectivity index (χ2n) is 5.23. The van der Waals surface area contributed by atoms with Crippen LogP contribution in [0.1, 0.15) is 27.7 Å². The number of nitro benzene ring substituents is 1. The van der Waals surface area contributed by atoms with Crippen molar-refractivity contribution in [3.63, 3.8) is 0 Å². The number of benzene rings is 1. The lowest BCUT2D eigenvalue weighted by atomic mass is 9.86. The summed E-state index contributed by atoms with van der Waals surface area (Å²) in [5.74, 6) is 0. The van der Waals surface area contributed by atoms with Crippen LogP contribution in [0.25, 0.3) is 0 Å². The summed E-state index contributed by atoms with van der Waals surface area (Å²) in [6, 6.07) is 4.61. The van der Waals surface area contributed by atoms with E-state index in [4.69, 9.17) is 0 Å². The molecule has 18 heavy (non-hydrogen) atoms. The van der Waals surface area contributed by atoms with E-state index in [0.717, 1.165) is 9.26 Å². The van der Waals surface area contributed by atoms with E-state index in [9.17, 15) is 15.2 Å². The Balaban J connectivity index is 3.03. The molecule has 0 spiro atoms. The molecule has 1 aromatic rings. The molecule has 6 heteroatoms. The molecule has 0 aliphatic rings. The predicted molar refractivity (Wildman–Crippen MR) is 79.8 cm³/mol. The highest BCUT2D eigenvalue weighted by atomic mass is 127. The summed E-state index contributed by atoms with van der Waals surface area (Å²) in [7, 11) is 0. The Bertz CT molecular complexity index is 467. The Morgan fingerprint density at radius 3 is 2.28 bits per heavy atom. The van der Waals surface area contributed by atoms with Crippen LogP contribution in [-0.4, -0.2) is 21.2 Å². The molecule has 0 aromatic heterocycles. The van der Waals surface area contributed by atoms with Crippen LogP contribution >= 0.6 is 22.6 Å². The summed E-state index contributed by atoms with van der Waals surface area (Å²) in [6.07, 6.45) is 0. The third-order valence-electron chi connectivity index (χ3n) is 3.14. The van der Waals surface area contributed by atoms with Crippen LogP contribution in [0.5, 0.6) is 0 Å². The lowest BCUT2D eigenvalue weighted by Gasteiger charge is -2.39. The fourth-order valence-electron chi connectivity index (χ4n) is 1.21. The molecule has 0 amide bonds. The van der Waals surface area contributed by atoms with Crippen molar-refractivity contribution in [3.05, 3.63) is 31.9 Å². The Morgan fingerprint density at radius 2 is 1.89 bits per heavy atom. The van der Waals surface area contributed by atoms with E-state index in [-0.39, 0.29) is 5.69 Å². The Kier molecular flexibility index (Phi) is 4.22. The maximum absolute atomic E-state index is 10.7. The third kappa shape index (κ3) is 3.32. The lowest BCUT2D eigenvalue weighted by Crippen LogP contribution is -2.51. The predicted octanol–water partition coefficient (Wildman–Crippen LogP) is 3.16. The molecule has 0 aliphatic carbocycles. The topological polar surface area (TPSA) is 75.4 Å². The van der Waals surface area contributed by atoms with Gasteiger partial charge in [0.1, 0.15) is 0 Å². The number of nitrogens with one attached hydrogen (secondary N) is 1. The van der Waals surface area contributed by atoms with Gasteiger partial charge in [-0.3, -0.25) is 10.1 Å². The standard InChI is InChI=1S/C12H17IN2O3/c1-11(2,12(3,4)16)14-10-6-5-8(15(17)18)7-9(10)13/h5-7,14,16H,1-4H3. The van der Waals surface area contributed by atoms with Gasteiger partial charge in [-0.05, 0) is 56.4 Å². The maximum atomic E-state index is 10.7.